The van der Waals surface area contributed by atoms with Crippen LogP contribution in [0.4, 0.5) is 0 Å². The molecule has 1 heterocycles. The number of nitrogens with zero attached hydrogens (tertiary/aromatic N) is 2. The molecule has 0 aliphatic heterocycles. The Bertz CT molecular complexity index is 945. The molecule has 0 spiro atoms. The summed E-state index contributed by atoms with van der Waals surface area (Å²) in [5.41, 5.74) is 6.14. The summed E-state index contributed by atoms with van der Waals surface area (Å²) < 4.78 is 4.93. The number of benzene rings is 2. The molecule has 29 heavy (non-hydrogen) atoms. The van der Waals surface area contributed by atoms with Crippen LogP contribution in [0.1, 0.15) is 28.8 Å². The number of carbonyl (C=O) groups excluding carboxylic acids is 1. The fraction of sp³-hybridized carbons (Fsp3) is 0.304. The summed E-state index contributed by atoms with van der Waals surface area (Å²) in [6.45, 7) is 3.21. The third-order valence-electron chi connectivity index (χ3n) is 4.80. The zero-order valence-corrected chi connectivity index (χ0v) is 17.8. The van der Waals surface area contributed by atoms with Gasteiger partial charge in [-0.3, -0.25) is 4.79 Å². The van der Waals surface area contributed by atoms with Gasteiger partial charge in [0.2, 0.25) is 11.1 Å². The summed E-state index contributed by atoms with van der Waals surface area (Å²) in [6.07, 6.45) is 0.845. The molecule has 0 saturated heterocycles. The van der Waals surface area contributed by atoms with E-state index in [1.54, 1.807) is 0 Å². The quantitative estimate of drug-likeness (QED) is 0.587. The van der Waals surface area contributed by atoms with E-state index in [0.717, 1.165) is 34.5 Å². The number of hydrogen-bond donors (Lipinski definition) is 1. The van der Waals surface area contributed by atoms with Gasteiger partial charge in [-0.15, -0.1) is 0 Å². The summed E-state index contributed by atoms with van der Waals surface area (Å²) in [7, 11) is 4.12. The van der Waals surface area contributed by atoms with Crippen molar-refractivity contribution in [1.29, 1.82) is 0 Å². The minimum absolute atomic E-state index is 0.0298. The fourth-order valence-electron chi connectivity index (χ4n) is 3.27. The van der Waals surface area contributed by atoms with E-state index in [0.29, 0.717) is 19.4 Å². The van der Waals surface area contributed by atoms with Gasteiger partial charge in [0.25, 0.3) is 0 Å². The van der Waals surface area contributed by atoms with Crippen molar-refractivity contribution in [3.05, 3.63) is 76.1 Å². The first-order chi connectivity index (χ1) is 13.9. The number of amides is 1. The zero-order chi connectivity index (χ0) is 20.8. The van der Waals surface area contributed by atoms with Crippen molar-refractivity contribution in [2.45, 2.75) is 32.9 Å². The van der Waals surface area contributed by atoms with Gasteiger partial charge in [-0.25, -0.2) is 0 Å². The van der Waals surface area contributed by atoms with E-state index in [1.165, 1.54) is 5.56 Å². The first-order valence-electron chi connectivity index (χ1n) is 9.63. The topological polar surface area (TPSA) is 58.4 Å². The van der Waals surface area contributed by atoms with E-state index >= 15 is 0 Å². The van der Waals surface area contributed by atoms with Gasteiger partial charge in [-0.1, -0.05) is 53.7 Å². The highest BCUT2D eigenvalue weighted by Crippen LogP contribution is 2.25. The lowest BCUT2D eigenvalue weighted by Gasteiger charge is -2.13. The third kappa shape index (κ3) is 5.68. The van der Waals surface area contributed by atoms with E-state index in [9.17, 15) is 4.79 Å². The van der Waals surface area contributed by atoms with Crippen molar-refractivity contribution in [1.82, 2.24) is 15.4 Å². The molecular formula is C23H26ClN3O2. The molecule has 0 fully saturated rings. The van der Waals surface area contributed by atoms with E-state index in [1.807, 2.05) is 25.1 Å². The highest BCUT2D eigenvalue weighted by molar-refractivity contribution is 6.29. The molecule has 0 bridgehead atoms. The van der Waals surface area contributed by atoms with Crippen LogP contribution in [0, 0.1) is 6.92 Å². The molecule has 0 atom stereocenters. The molecule has 3 rings (SSSR count). The molecule has 0 saturated carbocycles. The summed E-state index contributed by atoms with van der Waals surface area (Å²) in [5.74, 6) is -0.0298. The van der Waals surface area contributed by atoms with Crippen molar-refractivity contribution in [3.8, 4) is 11.1 Å². The van der Waals surface area contributed by atoms with Crippen LogP contribution in [-0.4, -0.2) is 30.1 Å². The normalized spacial score (nSPS) is 11.1. The third-order valence-corrected chi connectivity index (χ3v) is 5.09. The molecule has 152 valence electrons. The minimum Gasteiger partial charge on any atom is -0.352 e. The van der Waals surface area contributed by atoms with E-state index in [-0.39, 0.29) is 11.1 Å². The van der Waals surface area contributed by atoms with E-state index in [4.69, 9.17) is 16.1 Å². The highest BCUT2D eigenvalue weighted by atomic mass is 35.5. The molecule has 5 nitrogen and oxygen atoms in total. The molecule has 0 aliphatic rings. The van der Waals surface area contributed by atoms with Crippen molar-refractivity contribution in [3.63, 3.8) is 0 Å². The summed E-state index contributed by atoms with van der Waals surface area (Å²) in [5, 5.41) is 7.08. The average molecular weight is 412 g/mol. The Hall–Kier alpha value is -2.63. The lowest BCUT2D eigenvalue weighted by atomic mass is 9.98. The minimum atomic E-state index is -0.0298. The Morgan fingerprint density at radius 2 is 1.86 bits per heavy atom. The predicted molar refractivity (Wildman–Crippen MR) is 116 cm³/mol. The monoisotopic (exact) mass is 411 g/mol. The van der Waals surface area contributed by atoms with Crippen LogP contribution in [0.2, 0.25) is 5.22 Å². The average Bonchev–Trinajstić information content (AvgIpc) is 3.03. The van der Waals surface area contributed by atoms with Gasteiger partial charge in [0.05, 0.1) is 5.69 Å². The highest BCUT2D eigenvalue weighted by Gasteiger charge is 2.13. The van der Waals surface area contributed by atoms with Gasteiger partial charge in [0, 0.05) is 25.1 Å². The molecule has 2 aromatic carbocycles. The van der Waals surface area contributed by atoms with Crippen molar-refractivity contribution in [2.75, 3.05) is 14.1 Å². The fourth-order valence-corrected chi connectivity index (χ4v) is 3.54. The predicted octanol–water partition coefficient (Wildman–Crippen LogP) is 4.61. The Kier molecular flexibility index (Phi) is 7.07. The Morgan fingerprint density at radius 1 is 1.14 bits per heavy atom. The second-order valence-corrected chi connectivity index (χ2v) is 7.73. The number of nitrogens with one attached hydrogen (secondary N) is 1. The molecule has 1 N–H and O–H groups in total. The molecule has 1 amide bonds. The first kappa shape index (κ1) is 21.1. The van der Waals surface area contributed by atoms with Gasteiger partial charge in [0.15, 0.2) is 0 Å². The van der Waals surface area contributed by atoms with Crippen LogP contribution in [0.15, 0.2) is 53.1 Å². The van der Waals surface area contributed by atoms with Gasteiger partial charge in [-0.05, 0) is 61.3 Å². The van der Waals surface area contributed by atoms with Crippen LogP contribution < -0.4 is 5.32 Å². The van der Waals surface area contributed by atoms with Crippen molar-refractivity contribution < 1.29 is 9.32 Å². The maximum atomic E-state index is 12.3. The Labute approximate surface area is 176 Å². The lowest BCUT2D eigenvalue weighted by Crippen LogP contribution is -2.23. The van der Waals surface area contributed by atoms with Crippen LogP contribution >= 0.6 is 11.6 Å². The van der Waals surface area contributed by atoms with Crippen molar-refractivity contribution in [2.24, 2.45) is 0 Å². The second-order valence-electron chi connectivity index (χ2n) is 7.39. The summed E-state index contributed by atoms with van der Waals surface area (Å²) >= 11 is 5.97. The first-order valence-corrected chi connectivity index (χ1v) is 10.0. The largest absolute Gasteiger partial charge is 0.352 e. The molecule has 0 aliphatic carbocycles. The smallest absolute Gasteiger partial charge is 0.229 e. The van der Waals surface area contributed by atoms with Crippen LogP contribution in [0.3, 0.4) is 0 Å². The maximum absolute atomic E-state index is 12.3. The Morgan fingerprint density at radius 3 is 2.52 bits per heavy atom. The number of hydrogen-bond acceptors (Lipinski definition) is 4. The van der Waals surface area contributed by atoms with Gasteiger partial charge >= 0.3 is 0 Å². The SMILES string of the molecule is Cc1noc(Cl)c1CCC(=O)NCc1ccccc1-c1ccc(CN(C)C)cc1. The van der Waals surface area contributed by atoms with Gasteiger partial charge in [-0.2, -0.15) is 0 Å². The number of rotatable bonds is 8. The summed E-state index contributed by atoms with van der Waals surface area (Å²) in [6, 6.07) is 16.7. The number of halogens is 1. The van der Waals surface area contributed by atoms with Gasteiger partial charge < -0.3 is 14.7 Å². The lowest BCUT2D eigenvalue weighted by molar-refractivity contribution is -0.121. The number of aromatic nitrogens is 1. The van der Waals surface area contributed by atoms with E-state index < -0.39 is 0 Å². The second kappa shape index (κ2) is 9.72. The molecule has 1 aromatic heterocycles. The van der Waals surface area contributed by atoms with Crippen LogP contribution in [0.25, 0.3) is 11.1 Å². The molecule has 0 unspecified atom stereocenters. The zero-order valence-electron chi connectivity index (χ0n) is 17.0. The number of carbonyl (C=O) groups is 1. The molecular weight excluding hydrogens is 386 g/mol. The van der Waals surface area contributed by atoms with Crippen LogP contribution in [0.5, 0.6) is 0 Å². The molecule has 3 aromatic rings. The molecule has 6 heteroatoms. The van der Waals surface area contributed by atoms with E-state index in [2.05, 4.69) is 59.8 Å². The Balaban J connectivity index is 1.62. The molecule has 0 radical (unpaired) electrons. The summed E-state index contributed by atoms with van der Waals surface area (Å²) in [4.78, 5) is 14.5. The standard InChI is InChI=1S/C23H26ClN3O2/c1-16-20(23(24)29-26-16)12-13-22(28)25-14-19-6-4-5-7-21(19)18-10-8-17(9-11-18)15-27(2)3/h4-11H,12-15H2,1-3H3,(H,25,28). The maximum Gasteiger partial charge on any atom is 0.229 e. The van der Waals surface area contributed by atoms with Crippen LogP contribution in [-0.2, 0) is 24.3 Å². The van der Waals surface area contributed by atoms with Crippen molar-refractivity contribution >= 4 is 17.5 Å². The van der Waals surface area contributed by atoms with Gasteiger partial charge in [0.1, 0.15) is 0 Å². The number of aryl methyl sites for hydroxylation is 1.